The normalized spacial score (nSPS) is 16.7. The van der Waals surface area contributed by atoms with Crippen molar-refractivity contribution in [3.63, 3.8) is 0 Å². The molecule has 24 heavy (non-hydrogen) atoms. The highest BCUT2D eigenvalue weighted by Crippen LogP contribution is 2.33. The van der Waals surface area contributed by atoms with Crippen LogP contribution in [0, 0.1) is 0 Å². The van der Waals surface area contributed by atoms with Gasteiger partial charge in [-0.25, -0.2) is 0 Å². The SMILES string of the molecule is CCN1CCN(Cc2ccc(C(=O)N=[N+]=[N-])cc2C(F)(F)F)CC1. The number of carbonyl (C=O) groups is 1. The lowest BCUT2D eigenvalue weighted by atomic mass is 10.0. The summed E-state index contributed by atoms with van der Waals surface area (Å²) in [5, 5.41) is 2.84. The van der Waals surface area contributed by atoms with E-state index in [0.29, 0.717) is 13.1 Å². The van der Waals surface area contributed by atoms with Gasteiger partial charge < -0.3 is 4.90 Å². The minimum Gasteiger partial charge on any atom is -0.301 e. The molecule has 9 heteroatoms. The van der Waals surface area contributed by atoms with Gasteiger partial charge in [-0.15, -0.1) is 0 Å². The van der Waals surface area contributed by atoms with E-state index in [0.717, 1.165) is 25.7 Å². The van der Waals surface area contributed by atoms with E-state index in [-0.39, 0.29) is 17.7 Å². The van der Waals surface area contributed by atoms with E-state index in [4.69, 9.17) is 5.53 Å². The Bertz CT molecular complexity index is 647. The van der Waals surface area contributed by atoms with Crippen LogP contribution in [-0.4, -0.2) is 48.4 Å². The Kier molecular flexibility index (Phi) is 5.82. The zero-order valence-corrected chi connectivity index (χ0v) is 13.3. The number of hydrogen-bond donors (Lipinski definition) is 0. The molecule has 1 aliphatic rings. The molecule has 1 aromatic carbocycles. The third-order valence-electron chi connectivity index (χ3n) is 4.10. The molecular formula is C15H18F3N5O. The van der Waals surface area contributed by atoms with Gasteiger partial charge in [0, 0.05) is 43.2 Å². The predicted octanol–water partition coefficient (Wildman–Crippen LogP) is 3.29. The molecular weight excluding hydrogens is 323 g/mol. The van der Waals surface area contributed by atoms with E-state index in [1.165, 1.54) is 12.1 Å². The molecule has 1 fully saturated rings. The Morgan fingerprint density at radius 1 is 1.25 bits per heavy atom. The fourth-order valence-electron chi connectivity index (χ4n) is 2.71. The Labute approximate surface area is 137 Å². The lowest BCUT2D eigenvalue weighted by Crippen LogP contribution is -2.45. The number of nitrogens with zero attached hydrogens (tertiary/aromatic N) is 5. The summed E-state index contributed by atoms with van der Waals surface area (Å²) in [5.74, 6) is -1.02. The van der Waals surface area contributed by atoms with E-state index in [9.17, 15) is 18.0 Å². The van der Waals surface area contributed by atoms with Gasteiger partial charge in [-0.1, -0.05) is 19.1 Å². The van der Waals surface area contributed by atoms with Crippen molar-refractivity contribution >= 4 is 5.91 Å². The molecule has 0 spiro atoms. The average Bonchev–Trinajstić information content (AvgIpc) is 2.55. The van der Waals surface area contributed by atoms with Crippen molar-refractivity contribution in [1.82, 2.24) is 9.80 Å². The number of benzene rings is 1. The third kappa shape index (κ3) is 4.47. The summed E-state index contributed by atoms with van der Waals surface area (Å²) >= 11 is 0. The van der Waals surface area contributed by atoms with Gasteiger partial charge in [0.25, 0.3) is 0 Å². The van der Waals surface area contributed by atoms with Gasteiger partial charge >= 0.3 is 6.18 Å². The molecule has 0 aromatic heterocycles. The number of rotatable bonds is 4. The molecule has 0 unspecified atom stereocenters. The topological polar surface area (TPSA) is 72.3 Å². The summed E-state index contributed by atoms with van der Waals surface area (Å²) in [5.41, 5.74) is 7.23. The fourth-order valence-corrected chi connectivity index (χ4v) is 2.71. The standard InChI is InChI=1S/C15H18F3N5O/c1-2-22-5-7-23(8-6-22)10-12-4-3-11(14(24)20-21-19)9-13(12)15(16,17)18/h3-4,9H,2,5-8,10H2,1H3. The second-order valence-electron chi connectivity index (χ2n) is 5.57. The third-order valence-corrected chi connectivity index (χ3v) is 4.10. The Balaban J connectivity index is 2.23. The van der Waals surface area contributed by atoms with Crippen molar-refractivity contribution < 1.29 is 18.0 Å². The van der Waals surface area contributed by atoms with Crippen LogP contribution < -0.4 is 0 Å². The molecule has 2 rings (SSSR count). The molecule has 0 bridgehead atoms. The summed E-state index contributed by atoms with van der Waals surface area (Å²) in [6.45, 7) is 6.20. The average molecular weight is 341 g/mol. The van der Waals surface area contributed by atoms with Crippen molar-refractivity contribution in [2.45, 2.75) is 19.6 Å². The van der Waals surface area contributed by atoms with E-state index in [2.05, 4.69) is 21.8 Å². The maximum Gasteiger partial charge on any atom is 0.416 e. The van der Waals surface area contributed by atoms with Crippen LogP contribution in [0.15, 0.2) is 23.3 Å². The van der Waals surface area contributed by atoms with Crippen LogP contribution in [0.4, 0.5) is 13.2 Å². The van der Waals surface area contributed by atoms with Crippen molar-refractivity contribution in [2.24, 2.45) is 5.11 Å². The Morgan fingerprint density at radius 3 is 2.42 bits per heavy atom. The van der Waals surface area contributed by atoms with Crippen molar-refractivity contribution in [3.8, 4) is 0 Å². The van der Waals surface area contributed by atoms with Gasteiger partial charge in [-0.3, -0.25) is 9.69 Å². The number of azide groups is 1. The first kappa shape index (κ1) is 18.3. The maximum absolute atomic E-state index is 13.3. The van der Waals surface area contributed by atoms with Crippen LogP contribution in [-0.2, 0) is 12.7 Å². The molecule has 130 valence electrons. The van der Waals surface area contributed by atoms with E-state index in [1.807, 2.05) is 4.90 Å². The highest BCUT2D eigenvalue weighted by Gasteiger charge is 2.34. The lowest BCUT2D eigenvalue weighted by molar-refractivity contribution is -0.138. The maximum atomic E-state index is 13.3. The number of piperazine rings is 1. The van der Waals surface area contributed by atoms with Crippen LogP contribution in [0.2, 0.25) is 0 Å². The van der Waals surface area contributed by atoms with Crippen molar-refractivity contribution in [1.29, 1.82) is 0 Å². The number of amides is 1. The molecule has 1 saturated heterocycles. The monoisotopic (exact) mass is 341 g/mol. The van der Waals surface area contributed by atoms with Gasteiger partial charge in [0.2, 0.25) is 5.91 Å². The largest absolute Gasteiger partial charge is 0.416 e. The van der Waals surface area contributed by atoms with Gasteiger partial charge in [0.05, 0.1) is 5.56 Å². The summed E-state index contributed by atoms with van der Waals surface area (Å²) < 4.78 is 39.9. The number of likely N-dealkylation sites (N-methyl/N-ethyl adjacent to an activating group) is 1. The van der Waals surface area contributed by atoms with Gasteiger partial charge in [0.1, 0.15) is 0 Å². The van der Waals surface area contributed by atoms with Gasteiger partial charge in [0.15, 0.2) is 0 Å². The van der Waals surface area contributed by atoms with E-state index < -0.39 is 17.6 Å². The zero-order valence-electron chi connectivity index (χ0n) is 13.3. The number of alkyl halides is 3. The smallest absolute Gasteiger partial charge is 0.301 e. The van der Waals surface area contributed by atoms with Crippen LogP contribution in [0.1, 0.15) is 28.4 Å². The van der Waals surface area contributed by atoms with Crippen molar-refractivity contribution in [3.05, 3.63) is 45.3 Å². The van der Waals surface area contributed by atoms with E-state index in [1.54, 1.807) is 0 Å². The Morgan fingerprint density at radius 2 is 1.88 bits per heavy atom. The lowest BCUT2D eigenvalue weighted by Gasteiger charge is -2.34. The molecule has 6 nitrogen and oxygen atoms in total. The second-order valence-corrected chi connectivity index (χ2v) is 5.57. The molecule has 1 heterocycles. The second kappa shape index (κ2) is 7.65. The number of hydrogen-bond acceptors (Lipinski definition) is 3. The molecule has 1 amide bonds. The van der Waals surface area contributed by atoms with Gasteiger partial charge in [-0.05, 0) is 28.8 Å². The zero-order chi connectivity index (χ0) is 17.7. The molecule has 0 atom stereocenters. The summed E-state index contributed by atoms with van der Waals surface area (Å²) in [7, 11) is 0. The summed E-state index contributed by atoms with van der Waals surface area (Å²) in [6, 6.07) is 3.31. The Hall–Kier alpha value is -2.09. The first-order chi connectivity index (χ1) is 11.3. The number of carbonyl (C=O) groups excluding carboxylic acids is 1. The van der Waals surface area contributed by atoms with Crippen LogP contribution in [0.25, 0.3) is 10.4 Å². The molecule has 0 radical (unpaired) electrons. The first-order valence-electron chi connectivity index (χ1n) is 7.59. The van der Waals surface area contributed by atoms with Gasteiger partial charge in [-0.2, -0.15) is 13.2 Å². The molecule has 0 N–H and O–H groups in total. The fraction of sp³-hybridized carbons (Fsp3) is 0.533. The molecule has 1 aliphatic heterocycles. The van der Waals surface area contributed by atoms with Crippen LogP contribution in [0.5, 0.6) is 0 Å². The predicted molar refractivity (Wildman–Crippen MR) is 82.3 cm³/mol. The highest BCUT2D eigenvalue weighted by atomic mass is 19.4. The van der Waals surface area contributed by atoms with E-state index >= 15 is 0 Å². The summed E-state index contributed by atoms with van der Waals surface area (Å²) in [6.07, 6.45) is -4.58. The molecule has 0 aliphatic carbocycles. The summed E-state index contributed by atoms with van der Waals surface area (Å²) in [4.78, 5) is 18.0. The quantitative estimate of drug-likeness (QED) is 0.479. The number of halogens is 3. The van der Waals surface area contributed by atoms with Crippen LogP contribution >= 0.6 is 0 Å². The molecule has 1 aromatic rings. The highest BCUT2D eigenvalue weighted by molar-refractivity contribution is 5.95. The first-order valence-corrected chi connectivity index (χ1v) is 7.59. The van der Waals surface area contributed by atoms with Crippen LogP contribution in [0.3, 0.4) is 0 Å². The van der Waals surface area contributed by atoms with Crippen molar-refractivity contribution in [2.75, 3.05) is 32.7 Å². The minimum absolute atomic E-state index is 0.116. The minimum atomic E-state index is -4.58. The molecule has 0 saturated carbocycles.